The van der Waals surface area contributed by atoms with Gasteiger partial charge in [-0.05, 0) is 47.7 Å². The monoisotopic (exact) mass is 401 g/mol. The van der Waals surface area contributed by atoms with Gasteiger partial charge in [0.15, 0.2) is 0 Å². The van der Waals surface area contributed by atoms with Crippen LogP contribution in [-0.2, 0) is 24.1 Å². The van der Waals surface area contributed by atoms with Crippen molar-refractivity contribution in [1.29, 1.82) is 0 Å². The summed E-state index contributed by atoms with van der Waals surface area (Å²) < 4.78 is 5.41. The summed E-state index contributed by atoms with van der Waals surface area (Å²) in [4.78, 5) is 19.6. The lowest BCUT2D eigenvalue weighted by atomic mass is 9.99. The largest absolute Gasteiger partial charge is 0.378 e. The second-order valence-corrected chi connectivity index (χ2v) is 7.45. The van der Waals surface area contributed by atoms with Crippen LogP contribution in [0.5, 0.6) is 0 Å². The molecular formula is C25H27N3O2. The molecule has 0 bridgehead atoms. The van der Waals surface area contributed by atoms with Crippen LogP contribution in [0.1, 0.15) is 27.0 Å². The first-order chi connectivity index (χ1) is 14.8. The molecule has 5 nitrogen and oxygen atoms in total. The standard InChI is InChI=1S/C25H27N3O2/c29-25(23-9-5-4-8-22(23)11-10-20-6-2-1-3-7-20)27-19-21-12-13-26-24(18-21)28-14-16-30-17-15-28/h1-9,12-13,18H,10-11,14-17,19H2,(H,27,29). The number of rotatable bonds is 7. The number of ether oxygens (including phenoxy) is 1. The van der Waals surface area contributed by atoms with Gasteiger partial charge in [0.1, 0.15) is 5.82 Å². The number of carbonyl (C=O) groups is 1. The van der Waals surface area contributed by atoms with Gasteiger partial charge in [0.2, 0.25) is 0 Å². The van der Waals surface area contributed by atoms with E-state index in [0.717, 1.165) is 61.7 Å². The molecule has 0 saturated carbocycles. The van der Waals surface area contributed by atoms with Crippen molar-refractivity contribution >= 4 is 11.7 Å². The maximum Gasteiger partial charge on any atom is 0.251 e. The fraction of sp³-hybridized carbons (Fsp3) is 0.280. The van der Waals surface area contributed by atoms with Gasteiger partial charge in [-0.1, -0.05) is 48.5 Å². The Kier molecular flexibility index (Phi) is 6.72. The quantitative estimate of drug-likeness (QED) is 0.657. The van der Waals surface area contributed by atoms with Gasteiger partial charge in [-0.25, -0.2) is 4.98 Å². The van der Waals surface area contributed by atoms with Crippen LogP contribution in [0.2, 0.25) is 0 Å². The Morgan fingerprint density at radius 1 is 0.933 bits per heavy atom. The molecule has 0 spiro atoms. The third kappa shape index (κ3) is 5.24. The lowest BCUT2D eigenvalue weighted by Crippen LogP contribution is -2.36. The molecule has 5 heteroatoms. The molecule has 1 saturated heterocycles. The average Bonchev–Trinajstić information content (AvgIpc) is 2.83. The maximum absolute atomic E-state index is 12.9. The van der Waals surface area contributed by atoms with Crippen molar-refractivity contribution in [1.82, 2.24) is 10.3 Å². The zero-order valence-corrected chi connectivity index (χ0v) is 17.1. The lowest BCUT2D eigenvalue weighted by Gasteiger charge is -2.28. The zero-order valence-electron chi connectivity index (χ0n) is 17.1. The van der Waals surface area contributed by atoms with Gasteiger partial charge < -0.3 is 15.0 Å². The maximum atomic E-state index is 12.9. The van der Waals surface area contributed by atoms with Gasteiger partial charge in [-0.3, -0.25) is 4.79 Å². The molecule has 1 N–H and O–H groups in total. The highest BCUT2D eigenvalue weighted by Gasteiger charge is 2.14. The van der Waals surface area contributed by atoms with Crippen molar-refractivity contribution in [2.24, 2.45) is 0 Å². The molecule has 2 aromatic carbocycles. The van der Waals surface area contributed by atoms with Crippen molar-refractivity contribution in [3.8, 4) is 0 Å². The Labute approximate surface area is 177 Å². The first kappa shape index (κ1) is 20.1. The summed E-state index contributed by atoms with van der Waals surface area (Å²) in [5.41, 5.74) is 4.14. The number of aromatic nitrogens is 1. The fourth-order valence-corrected chi connectivity index (χ4v) is 3.70. The van der Waals surface area contributed by atoms with Gasteiger partial charge in [-0.15, -0.1) is 0 Å². The van der Waals surface area contributed by atoms with Crippen LogP contribution < -0.4 is 10.2 Å². The minimum atomic E-state index is -0.0385. The highest BCUT2D eigenvalue weighted by Crippen LogP contribution is 2.16. The normalized spacial score (nSPS) is 13.8. The number of nitrogens with one attached hydrogen (secondary N) is 1. The van der Waals surface area contributed by atoms with E-state index in [4.69, 9.17) is 4.74 Å². The van der Waals surface area contributed by atoms with Crippen LogP contribution >= 0.6 is 0 Å². The summed E-state index contributed by atoms with van der Waals surface area (Å²) in [6.07, 6.45) is 3.56. The second-order valence-electron chi connectivity index (χ2n) is 7.45. The van der Waals surface area contributed by atoms with Crippen molar-refractivity contribution in [3.63, 3.8) is 0 Å². The van der Waals surface area contributed by atoms with Crippen molar-refractivity contribution in [2.75, 3.05) is 31.2 Å². The number of carbonyl (C=O) groups excluding carboxylic acids is 1. The Balaban J connectivity index is 1.38. The van der Waals surface area contributed by atoms with Gasteiger partial charge in [0.25, 0.3) is 5.91 Å². The predicted octanol–water partition coefficient (Wildman–Crippen LogP) is 3.63. The van der Waals surface area contributed by atoms with E-state index in [2.05, 4.69) is 27.3 Å². The molecule has 1 amide bonds. The highest BCUT2D eigenvalue weighted by atomic mass is 16.5. The first-order valence-electron chi connectivity index (χ1n) is 10.5. The van der Waals surface area contributed by atoms with E-state index >= 15 is 0 Å². The Bertz CT molecular complexity index is 969. The van der Waals surface area contributed by atoms with Gasteiger partial charge in [0.05, 0.1) is 13.2 Å². The molecule has 30 heavy (non-hydrogen) atoms. The minimum Gasteiger partial charge on any atom is -0.378 e. The molecule has 3 aromatic rings. The lowest BCUT2D eigenvalue weighted by molar-refractivity contribution is 0.0950. The number of hydrogen-bond donors (Lipinski definition) is 1. The molecule has 4 rings (SSSR count). The third-order valence-corrected chi connectivity index (χ3v) is 5.39. The summed E-state index contributed by atoms with van der Waals surface area (Å²) in [5.74, 6) is 0.900. The third-order valence-electron chi connectivity index (χ3n) is 5.39. The molecule has 0 radical (unpaired) electrons. The number of benzene rings is 2. The van der Waals surface area contributed by atoms with E-state index in [9.17, 15) is 4.79 Å². The fourth-order valence-electron chi connectivity index (χ4n) is 3.70. The number of aryl methyl sites for hydroxylation is 2. The summed E-state index contributed by atoms with van der Waals surface area (Å²) in [5, 5.41) is 3.07. The molecule has 0 atom stereocenters. The Morgan fingerprint density at radius 2 is 1.70 bits per heavy atom. The van der Waals surface area contributed by atoms with Crippen LogP contribution in [0.15, 0.2) is 72.9 Å². The van der Waals surface area contributed by atoms with Crippen LogP contribution in [-0.4, -0.2) is 37.2 Å². The van der Waals surface area contributed by atoms with E-state index in [1.807, 2.05) is 54.6 Å². The summed E-state index contributed by atoms with van der Waals surface area (Å²) in [6.45, 7) is 3.62. The first-order valence-corrected chi connectivity index (χ1v) is 10.5. The van der Waals surface area contributed by atoms with Crippen molar-refractivity contribution in [3.05, 3.63) is 95.2 Å². The number of pyridine rings is 1. The van der Waals surface area contributed by atoms with Gasteiger partial charge in [-0.2, -0.15) is 0 Å². The highest BCUT2D eigenvalue weighted by molar-refractivity contribution is 5.95. The number of nitrogens with zero attached hydrogens (tertiary/aromatic N) is 2. The summed E-state index contributed by atoms with van der Waals surface area (Å²) in [6, 6.07) is 22.2. The molecule has 0 aliphatic carbocycles. The predicted molar refractivity (Wildman–Crippen MR) is 119 cm³/mol. The van der Waals surface area contributed by atoms with Crippen LogP contribution in [0.4, 0.5) is 5.82 Å². The molecule has 1 aliphatic rings. The van der Waals surface area contributed by atoms with E-state index in [1.54, 1.807) is 6.20 Å². The second kappa shape index (κ2) is 10.0. The van der Waals surface area contributed by atoms with Crippen LogP contribution in [0, 0.1) is 0 Å². The van der Waals surface area contributed by atoms with Crippen LogP contribution in [0.3, 0.4) is 0 Å². The minimum absolute atomic E-state index is 0.0385. The van der Waals surface area contributed by atoms with E-state index in [-0.39, 0.29) is 5.91 Å². The van der Waals surface area contributed by atoms with Crippen molar-refractivity contribution in [2.45, 2.75) is 19.4 Å². The molecule has 154 valence electrons. The Morgan fingerprint density at radius 3 is 2.53 bits per heavy atom. The molecule has 0 unspecified atom stereocenters. The van der Waals surface area contributed by atoms with Gasteiger partial charge in [0, 0.05) is 31.4 Å². The SMILES string of the molecule is O=C(NCc1ccnc(N2CCOCC2)c1)c1ccccc1CCc1ccccc1. The molecular weight excluding hydrogens is 374 g/mol. The number of amides is 1. The number of hydrogen-bond acceptors (Lipinski definition) is 4. The molecule has 1 fully saturated rings. The summed E-state index contributed by atoms with van der Waals surface area (Å²) in [7, 11) is 0. The average molecular weight is 402 g/mol. The zero-order chi connectivity index (χ0) is 20.6. The number of anilines is 1. The molecule has 1 aromatic heterocycles. The summed E-state index contributed by atoms with van der Waals surface area (Å²) >= 11 is 0. The van der Waals surface area contributed by atoms with E-state index in [1.165, 1.54) is 5.56 Å². The van der Waals surface area contributed by atoms with Crippen LogP contribution in [0.25, 0.3) is 0 Å². The van der Waals surface area contributed by atoms with E-state index < -0.39 is 0 Å². The number of morpholine rings is 1. The molecule has 1 aliphatic heterocycles. The Hall–Kier alpha value is -3.18. The molecule has 2 heterocycles. The van der Waals surface area contributed by atoms with Gasteiger partial charge >= 0.3 is 0 Å². The van der Waals surface area contributed by atoms with Crippen molar-refractivity contribution < 1.29 is 9.53 Å². The van der Waals surface area contributed by atoms with E-state index in [0.29, 0.717) is 6.54 Å². The smallest absolute Gasteiger partial charge is 0.251 e. The topological polar surface area (TPSA) is 54.5 Å².